The summed E-state index contributed by atoms with van der Waals surface area (Å²) < 4.78 is 5.16. The quantitative estimate of drug-likeness (QED) is 0.632. The molecule has 2 aromatic rings. The van der Waals surface area contributed by atoms with Gasteiger partial charge < -0.3 is 10.5 Å². The molecule has 0 bridgehead atoms. The second-order valence-corrected chi connectivity index (χ2v) is 3.75. The maximum atomic E-state index is 5.52. The smallest absolute Gasteiger partial charge is 0.251 e. The van der Waals surface area contributed by atoms with E-state index in [1.165, 1.54) is 0 Å². The Morgan fingerprint density at radius 1 is 1.35 bits per heavy atom. The predicted octanol–water partition coefficient (Wildman–Crippen LogP) is 1.96. The van der Waals surface area contributed by atoms with Crippen LogP contribution in [0.1, 0.15) is 12.6 Å². The summed E-state index contributed by atoms with van der Waals surface area (Å²) in [5.74, 6) is 1.57. The summed E-state index contributed by atoms with van der Waals surface area (Å²) >= 11 is 0. The zero-order valence-electron chi connectivity index (χ0n) is 10.1. The minimum absolute atomic E-state index is 0.378. The van der Waals surface area contributed by atoms with Crippen molar-refractivity contribution in [1.82, 2.24) is 9.97 Å². The van der Waals surface area contributed by atoms with Gasteiger partial charge in [0.25, 0.3) is 5.95 Å². The number of aryl methyl sites for hydroxylation is 1. The fourth-order valence-corrected chi connectivity index (χ4v) is 1.59. The second-order valence-electron chi connectivity index (χ2n) is 3.75. The molecule has 0 unspecified atom stereocenters. The standard InChI is InChI=1S/C12H14N4O/c1-7-10-5-4-9(17-3)6-11(10)16-12(14-7)15-8(2)13/h4-6H,1-3H3,(H2,13,14,15,16). The van der Waals surface area contributed by atoms with Crippen LogP contribution in [0.2, 0.25) is 0 Å². The summed E-state index contributed by atoms with van der Waals surface area (Å²) in [4.78, 5) is 12.7. The van der Waals surface area contributed by atoms with Crippen molar-refractivity contribution in [2.24, 2.45) is 10.7 Å². The summed E-state index contributed by atoms with van der Waals surface area (Å²) in [6.07, 6.45) is 0. The number of benzene rings is 1. The molecule has 88 valence electrons. The fourth-order valence-electron chi connectivity index (χ4n) is 1.59. The van der Waals surface area contributed by atoms with Gasteiger partial charge in [-0.25, -0.2) is 9.97 Å². The minimum atomic E-state index is 0.378. The van der Waals surface area contributed by atoms with Crippen molar-refractivity contribution in [3.05, 3.63) is 23.9 Å². The lowest BCUT2D eigenvalue weighted by Gasteiger charge is -2.05. The molecule has 0 aliphatic heterocycles. The van der Waals surface area contributed by atoms with Crippen LogP contribution in [-0.2, 0) is 0 Å². The van der Waals surface area contributed by atoms with Crippen molar-refractivity contribution in [3.8, 4) is 5.75 Å². The molecule has 0 aliphatic rings. The third-order valence-corrected chi connectivity index (χ3v) is 2.36. The largest absolute Gasteiger partial charge is 0.497 e. The Morgan fingerprint density at radius 2 is 2.12 bits per heavy atom. The van der Waals surface area contributed by atoms with Crippen molar-refractivity contribution in [2.75, 3.05) is 7.11 Å². The van der Waals surface area contributed by atoms with E-state index < -0.39 is 0 Å². The van der Waals surface area contributed by atoms with Gasteiger partial charge in [0.2, 0.25) is 0 Å². The molecule has 0 aliphatic carbocycles. The highest BCUT2D eigenvalue weighted by Gasteiger charge is 2.05. The molecule has 0 spiro atoms. The molecule has 5 heteroatoms. The summed E-state index contributed by atoms with van der Waals surface area (Å²) in [5, 5.41) is 0.986. The number of nitrogens with two attached hydrogens (primary N) is 1. The Balaban J connectivity index is 2.65. The number of ether oxygens (including phenoxy) is 1. The predicted molar refractivity (Wildman–Crippen MR) is 67.8 cm³/mol. The molecule has 2 rings (SSSR count). The molecule has 1 heterocycles. The third kappa shape index (κ3) is 2.33. The first kappa shape index (κ1) is 11.3. The highest BCUT2D eigenvalue weighted by molar-refractivity contribution is 5.84. The Labute approximate surface area is 99.4 Å². The maximum absolute atomic E-state index is 5.52. The number of nitrogens with zero attached hydrogens (tertiary/aromatic N) is 3. The number of aliphatic imine (C=N–C) groups is 1. The number of methoxy groups -OCH3 is 1. The molecule has 0 amide bonds. The summed E-state index contributed by atoms with van der Waals surface area (Å²) in [7, 11) is 1.62. The van der Waals surface area contributed by atoms with Gasteiger partial charge in [0.1, 0.15) is 5.75 Å². The van der Waals surface area contributed by atoms with Gasteiger partial charge in [-0.15, -0.1) is 0 Å². The van der Waals surface area contributed by atoms with Crippen LogP contribution in [-0.4, -0.2) is 22.9 Å². The zero-order valence-corrected chi connectivity index (χ0v) is 10.1. The van der Waals surface area contributed by atoms with Gasteiger partial charge in [-0.05, 0) is 26.0 Å². The van der Waals surface area contributed by atoms with E-state index in [-0.39, 0.29) is 0 Å². The average Bonchev–Trinajstić information content (AvgIpc) is 2.27. The first-order valence-corrected chi connectivity index (χ1v) is 5.23. The van der Waals surface area contributed by atoms with E-state index in [1.54, 1.807) is 14.0 Å². The van der Waals surface area contributed by atoms with E-state index in [4.69, 9.17) is 10.5 Å². The molecule has 0 saturated carbocycles. The zero-order chi connectivity index (χ0) is 12.4. The number of rotatable bonds is 2. The summed E-state index contributed by atoms with van der Waals surface area (Å²) in [6.45, 7) is 3.62. The fraction of sp³-hybridized carbons (Fsp3) is 0.250. The van der Waals surface area contributed by atoms with Crippen LogP contribution in [0.4, 0.5) is 5.95 Å². The van der Waals surface area contributed by atoms with Crippen LogP contribution in [0, 0.1) is 6.92 Å². The molecule has 0 fully saturated rings. The molecule has 17 heavy (non-hydrogen) atoms. The Hall–Kier alpha value is -2.17. The molecule has 1 aromatic carbocycles. The number of hydrogen-bond acceptors (Lipinski definition) is 4. The lowest BCUT2D eigenvalue weighted by molar-refractivity contribution is 0.415. The van der Waals surface area contributed by atoms with Crippen LogP contribution in [0.3, 0.4) is 0 Å². The Morgan fingerprint density at radius 3 is 2.76 bits per heavy atom. The monoisotopic (exact) mass is 230 g/mol. The van der Waals surface area contributed by atoms with Crippen molar-refractivity contribution < 1.29 is 4.74 Å². The highest BCUT2D eigenvalue weighted by Crippen LogP contribution is 2.22. The van der Waals surface area contributed by atoms with Crippen molar-refractivity contribution in [2.45, 2.75) is 13.8 Å². The molecule has 5 nitrogen and oxygen atoms in total. The number of fused-ring (bicyclic) bond motifs is 1. The number of amidine groups is 1. The van der Waals surface area contributed by atoms with Gasteiger partial charge in [-0.2, -0.15) is 4.99 Å². The highest BCUT2D eigenvalue weighted by atomic mass is 16.5. The van der Waals surface area contributed by atoms with Crippen molar-refractivity contribution in [3.63, 3.8) is 0 Å². The molecular formula is C12H14N4O. The van der Waals surface area contributed by atoms with Crippen LogP contribution in [0.15, 0.2) is 23.2 Å². The molecule has 0 atom stereocenters. The van der Waals surface area contributed by atoms with Crippen LogP contribution < -0.4 is 10.5 Å². The van der Waals surface area contributed by atoms with E-state index in [0.29, 0.717) is 11.8 Å². The van der Waals surface area contributed by atoms with E-state index in [2.05, 4.69) is 15.0 Å². The summed E-state index contributed by atoms with van der Waals surface area (Å²) in [5.41, 5.74) is 7.20. The molecule has 2 N–H and O–H groups in total. The van der Waals surface area contributed by atoms with Gasteiger partial charge in [0.05, 0.1) is 24.2 Å². The average molecular weight is 230 g/mol. The second kappa shape index (κ2) is 4.37. The molecular weight excluding hydrogens is 216 g/mol. The van der Waals surface area contributed by atoms with Crippen molar-refractivity contribution in [1.29, 1.82) is 0 Å². The Kier molecular flexibility index (Phi) is 2.91. The number of aromatic nitrogens is 2. The molecule has 0 saturated heterocycles. The minimum Gasteiger partial charge on any atom is -0.497 e. The SMILES string of the molecule is COc1ccc2c(C)nc(N=C(C)N)nc2c1. The lowest BCUT2D eigenvalue weighted by Crippen LogP contribution is -2.05. The third-order valence-electron chi connectivity index (χ3n) is 2.36. The van der Waals surface area contributed by atoms with E-state index in [0.717, 1.165) is 22.3 Å². The lowest BCUT2D eigenvalue weighted by atomic mass is 10.2. The normalized spacial score (nSPS) is 11.8. The van der Waals surface area contributed by atoms with Crippen LogP contribution in [0.25, 0.3) is 10.9 Å². The van der Waals surface area contributed by atoms with E-state index in [1.807, 2.05) is 25.1 Å². The first-order valence-electron chi connectivity index (χ1n) is 5.23. The van der Waals surface area contributed by atoms with Gasteiger partial charge in [-0.1, -0.05) is 0 Å². The van der Waals surface area contributed by atoms with Gasteiger partial charge in [0, 0.05) is 11.5 Å². The van der Waals surface area contributed by atoms with E-state index in [9.17, 15) is 0 Å². The molecule has 1 aromatic heterocycles. The molecule has 0 radical (unpaired) electrons. The van der Waals surface area contributed by atoms with Crippen LogP contribution in [0.5, 0.6) is 5.75 Å². The first-order chi connectivity index (χ1) is 8.10. The topological polar surface area (TPSA) is 73.4 Å². The van der Waals surface area contributed by atoms with Gasteiger partial charge in [-0.3, -0.25) is 0 Å². The maximum Gasteiger partial charge on any atom is 0.251 e. The van der Waals surface area contributed by atoms with Crippen molar-refractivity contribution >= 4 is 22.7 Å². The van der Waals surface area contributed by atoms with E-state index >= 15 is 0 Å². The summed E-state index contributed by atoms with van der Waals surface area (Å²) in [6, 6.07) is 5.68. The number of hydrogen-bond donors (Lipinski definition) is 1. The van der Waals surface area contributed by atoms with Gasteiger partial charge >= 0.3 is 0 Å². The Bertz CT molecular complexity index is 588. The van der Waals surface area contributed by atoms with Gasteiger partial charge in [0.15, 0.2) is 0 Å². The van der Waals surface area contributed by atoms with Crippen LogP contribution >= 0.6 is 0 Å².